The van der Waals surface area contributed by atoms with Gasteiger partial charge in [-0.3, -0.25) is 4.90 Å². The maximum absolute atomic E-state index is 10.5. The van der Waals surface area contributed by atoms with Gasteiger partial charge in [-0.15, -0.1) is 11.3 Å². The van der Waals surface area contributed by atoms with E-state index in [1.165, 1.54) is 11.3 Å². The third-order valence-electron chi connectivity index (χ3n) is 4.93. The first kappa shape index (κ1) is 19.4. The number of hydrogen-bond acceptors (Lipinski definition) is 6. The largest absolute Gasteiger partial charge is 0.506 e. The predicted octanol–water partition coefficient (Wildman–Crippen LogP) is 4.05. The zero-order valence-electron chi connectivity index (χ0n) is 15.5. The van der Waals surface area contributed by atoms with Crippen LogP contribution in [0, 0.1) is 0 Å². The van der Waals surface area contributed by atoms with Gasteiger partial charge < -0.3 is 20.1 Å². The van der Waals surface area contributed by atoms with Gasteiger partial charge in [0.15, 0.2) is 0 Å². The van der Waals surface area contributed by atoms with Crippen molar-refractivity contribution in [2.45, 2.75) is 13.0 Å². The van der Waals surface area contributed by atoms with Gasteiger partial charge in [-0.25, -0.2) is 4.98 Å². The van der Waals surface area contributed by atoms with Crippen LogP contribution in [0.15, 0.2) is 40.3 Å². The Labute approximate surface area is 176 Å². The molecule has 0 spiro atoms. The van der Waals surface area contributed by atoms with Crippen molar-refractivity contribution in [2.24, 2.45) is 0 Å². The fourth-order valence-electron chi connectivity index (χ4n) is 3.39. The van der Waals surface area contributed by atoms with Crippen molar-refractivity contribution >= 4 is 33.1 Å². The fraction of sp³-hybridized carbons (Fsp3) is 0.350. The lowest BCUT2D eigenvalue weighted by atomic mass is 10.2. The van der Waals surface area contributed by atoms with Crippen LogP contribution in [0.3, 0.4) is 0 Å². The number of ether oxygens (including phenoxy) is 1. The second-order valence-electron chi connectivity index (χ2n) is 6.82. The van der Waals surface area contributed by atoms with Gasteiger partial charge in [0.1, 0.15) is 16.6 Å². The van der Waals surface area contributed by atoms with E-state index >= 15 is 0 Å². The van der Waals surface area contributed by atoms with Gasteiger partial charge in [0.05, 0.1) is 24.5 Å². The molecule has 0 aliphatic carbocycles. The number of thiazole rings is 1. The Morgan fingerprint density at radius 3 is 2.68 bits per heavy atom. The number of nitrogen functional groups attached to an aromatic ring is 1. The van der Waals surface area contributed by atoms with E-state index in [-0.39, 0.29) is 5.75 Å². The molecule has 1 aliphatic rings. The van der Waals surface area contributed by atoms with Gasteiger partial charge in [-0.1, -0.05) is 28.1 Å². The summed E-state index contributed by atoms with van der Waals surface area (Å²) in [6.45, 7) is 5.34. The van der Waals surface area contributed by atoms with Gasteiger partial charge in [-0.2, -0.15) is 0 Å². The van der Waals surface area contributed by atoms with E-state index < -0.39 is 0 Å². The summed E-state index contributed by atoms with van der Waals surface area (Å²) in [5, 5.41) is 13.2. The lowest BCUT2D eigenvalue weighted by molar-refractivity contribution is 0.0369. The Hall–Kier alpha value is -1.87. The molecule has 148 valence electrons. The molecule has 3 aromatic rings. The van der Waals surface area contributed by atoms with Gasteiger partial charge in [0, 0.05) is 47.8 Å². The van der Waals surface area contributed by atoms with E-state index in [4.69, 9.17) is 15.5 Å². The smallest absolute Gasteiger partial charge is 0.145 e. The highest BCUT2D eigenvalue weighted by Gasteiger charge is 2.19. The van der Waals surface area contributed by atoms with E-state index in [0.717, 1.165) is 66.6 Å². The molecule has 8 heteroatoms. The van der Waals surface area contributed by atoms with E-state index in [2.05, 4.69) is 20.8 Å². The lowest BCUT2D eigenvalue weighted by Crippen LogP contribution is -2.37. The van der Waals surface area contributed by atoms with Gasteiger partial charge in [0.2, 0.25) is 0 Å². The number of halogens is 1. The van der Waals surface area contributed by atoms with Crippen LogP contribution in [0.25, 0.3) is 21.8 Å². The van der Waals surface area contributed by atoms with Gasteiger partial charge in [-0.05, 0) is 18.6 Å². The average Bonchev–Trinajstić information content (AvgIpc) is 3.28. The molecule has 3 N–H and O–H groups in total. The number of aromatic nitrogens is 2. The van der Waals surface area contributed by atoms with Crippen molar-refractivity contribution in [3.05, 3.63) is 40.3 Å². The number of nitrogens with zero attached hydrogens (tertiary/aromatic N) is 3. The minimum atomic E-state index is 0.181. The third-order valence-corrected chi connectivity index (χ3v) is 6.32. The Morgan fingerprint density at radius 1 is 1.18 bits per heavy atom. The second kappa shape index (κ2) is 8.65. The Kier molecular flexibility index (Phi) is 6.01. The Bertz CT molecular complexity index is 932. The van der Waals surface area contributed by atoms with Crippen LogP contribution < -0.4 is 5.73 Å². The quantitative estimate of drug-likeness (QED) is 0.577. The number of aromatic hydroxyl groups is 1. The predicted molar refractivity (Wildman–Crippen MR) is 117 cm³/mol. The molecule has 1 aromatic carbocycles. The van der Waals surface area contributed by atoms with Crippen molar-refractivity contribution in [2.75, 3.05) is 38.6 Å². The van der Waals surface area contributed by atoms with Crippen LogP contribution in [0.4, 0.5) is 5.82 Å². The molecule has 0 amide bonds. The molecule has 1 fully saturated rings. The molecule has 0 saturated carbocycles. The number of anilines is 1. The van der Waals surface area contributed by atoms with E-state index in [0.29, 0.717) is 11.4 Å². The fourth-order valence-corrected chi connectivity index (χ4v) is 4.55. The number of morpholine rings is 1. The summed E-state index contributed by atoms with van der Waals surface area (Å²) in [6.07, 6.45) is 2.68. The molecule has 6 nitrogen and oxygen atoms in total. The molecule has 0 radical (unpaired) electrons. The van der Waals surface area contributed by atoms with Crippen LogP contribution in [0.1, 0.15) is 6.42 Å². The van der Waals surface area contributed by atoms with Crippen LogP contribution in [0.2, 0.25) is 0 Å². The van der Waals surface area contributed by atoms with Crippen molar-refractivity contribution in [1.29, 1.82) is 0 Å². The van der Waals surface area contributed by atoms with E-state index in [1.807, 2.05) is 34.2 Å². The number of rotatable bonds is 6. The van der Waals surface area contributed by atoms with Crippen molar-refractivity contribution in [3.63, 3.8) is 0 Å². The summed E-state index contributed by atoms with van der Waals surface area (Å²) >= 11 is 4.94. The summed E-state index contributed by atoms with van der Waals surface area (Å²) < 4.78 is 8.34. The molecule has 3 heterocycles. The molecular weight excluding hydrogens is 440 g/mol. The summed E-state index contributed by atoms with van der Waals surface area (Å²) in [6, 6.07) is 8.02. The highest BCUT2D eigenvalue weighted by Crippen LogP contribution is 2.39. The van der Waals surface area contributed by atoms with Crippen LogP contribution in [0.5, 0.6) is 5.75 Å². The molecule has 0 atom stereocenters. The second-order valence-corrected chi connectivity index (χ2v) is 8.59. The molecule has 28 heavy (non-hydrogen) atoms. The molecule has 1 saturated heterocycles. The average molecular weight is 463 g/mol. The summed E-state index contributed by atoms with van der Waals surface area (Å²) in [5.74, 6) is 0.747. The third kappa shape index (κ3) is 4.25. The molecule has 0 unspecified atom stereocenters. The van der Waals surface area contributed by atoms with Crippen molar-refractivity contribution < 1.29 is 9.84 Å². The highest BCUT2D eigenvalue weighted by molar-refractivity contribution is 9.10. The van der Waals surface area contributed by atoms with Crippen LogP contribution in [-0.4, -0.2) is 52.4 Å². The zero-order chi connectivity index (χ0) is 19.5. The number of nitrogens with two attached hydrogens (primary N) is 1. The summed E-state index contributed by atoms with van der Waals surface area (Å²) in [4.78, 5) is 7.09. The molecular formula is C20H23BrN4O2S. The molecule has 2 aromatic heterocycles. The summed E-state index contributed by atoms with van der Waals surface area (Å²) in [7, 11) is 0. The van der Waals surface area contributed by atoms with E-state index in [9.17, 15) is 5.11 Å². The van der Waals surface area contributed by atoms with Crippen LogP contribution >= 0.6 is 27.3 Å². The number of benzene rings is 1. The van der Waals surface area contributed by atoms with Gasteiger partial charge >= 0.3 is 0 Å². The van der Waals surface area contributed by atoms with Crippen molar-refractivity contribution in [1.82, 2.24) is 14.5 Å². The number of aryl methyl sites for hydroxylation is 1. The molecule has 1 aliphatic heterocycles. The maximum Gasteiger partial charge on any atom is 0.145 e. The monoisotopic (exact) mass is 462 g/mol. The Morgan fingerprint density at radius 2 is 1.93 bits per heavy atom. The highest BCUT2D eigenvalue weighted by atomic mass is 79.9. The van der Waals surface area contributed by atoms with Gasteiger partial charge in [0.25, 0.3) is 0 Å². The first-order chi connectivity index (χ1) is 13.6. The number of hydrogen-bond donors (Lipinski definition) is 2. The maximum atomic E-state index is 10.5. The lowest BCUT2D eigenvalue weighted by Gasteiger charge is -2.26. The normalized spacial score (nSPS) is 15.2. The first-order valence-corrected chi connectivity index (χ1v) is 11.0. The SMILES string of the molecule is Nc1c(-c2nc(-c3ccc(Br)cc3)cs2)c(O)cn1CCCN1CCOCC1. The van der Waals surface area contributed by atoms with Crippen molar-refractivity contribution in [3.8, 4) is 27.6 Å². The molecule has 4 rings (SSSR count). The van der Waals surface area contributed by atoms with E-state index in [1.54, 1.807) is 6.20 Å². The minimum Gasteiger partial charge on any atom is -0.506 e. The first-order valence-electron chi connectivity index (χ1n) is 9.31. The Balaban J connectivity index is 1.47. The standard InChI is InChI=1S/C20H23BrN4O2S/c21-15-4-2-14(3-5-15)16-13-28-20(23-16)18-17(26)12-25(19(18)22)7-1-6-24-8-10-27-11-9-24/h2-5,12-13,26H,1,6-11,22H2. The molecule has 0 bridgehead atoms. The zero-order valence-corrected chi connectivity index (χ0v) is 17.9. The summed E-state index contributed by atoms with van der Waals surface area (Å²) in [5.41, 5.74) is 8.89. The minimum absolute atomic E-state index is 0.181. The topological polar surface area (TPSA) is 76.5 Å². The van der Waals surface area contributed by atoms with Crippen LogP contribution in [-0.2, 0) is 11.3 Å².